The van der Waals surface area contributed by atoms with Crippen LogP contribution in [-0.2, 0) is 4.74 Å². The molecule has 0 amide bonds. The lowest BCUT2D eigenvalue weighted by atomic mass is 10.0. The Labute approximate surface area is 132 Å². The van der Waals surface area contributed by atoms with Crippen LogP contribution in [0.4, 0.5) is 0 Å². The predicted octanol–water partition coefficient (Wildman–Crippen LogP) is 5.35. The van der Waals surface area contributed by atoms with E-state index in [-0.39, 0.29) is 5.38 Å². The van der Waals surface area contributed by atoms with Gasteiger partial charge >= 0.3 is 0 Å². The summed E-state index contributed by atoms with van der Waals surface area (Å²) in [6, 6.07) is 3.69. The van der Waals surface area contributed by atoms with Gasteiger partial charge in [-0.1, -0.05) is 11.6 Å². The van der Waals surface area contributed by atoms with E-state index in [1.807, 2.05) is 12.1 Å². The maximum Gasteiger partial charge on any atom is 0.137 e. The Morgan fingerprint density at radius 3 is 2.95 bits per heavy atom. The second-order valence-electron chi connectivity index (χ2n) is 4.69. The molecule has 2 nitrogen and oxygen atoms in total. The van der Waals surface area contributed by atoms with E-state index in [4.69, 9.17) is 32.7 Å². The highest BCUT2D eigenvalue weighted by atomic mass is 79.9. The molecule has 1 aromatic rings. The lowest BCUT2D eigenvalue weighted by Gasteiger charge is -2.17. The van der Waals surface area contributed by atoms with Crippen LogP contribution < -0.4 is 4.74 Å². The lowest BCUT2D eigenvalue weighted by molar-refractivity contribution is 0.102. The maximum atomic E-state index is 6.50. The third-order valence-electron chi connectivity index (χ3n) is 3.34. The average Bonchev–Trinajstić information content (AvgIpc) is 2.88. The Morgan fingerprint density at radius 2 is 2.32 bits per heavy atom. The van der Waals surface area contributed by atoms with Gasteiger partial charge in [0.2, 0.25) is 0 Å². The van der Waals surface area contributed by atoms with Gasteiger partial charge in [0.1, 0.15) is 5.75 Å². The molecule has 106 valence electrons. The van der Waals surface area contributed by atoms with Crippen molar-refractivity contribution in [3.63, 3.8) is 0 Å². The van der Waals surface area contributed by atoms with Crippen LogP contribution in [0.5, 0.6) is 5.75 Å². The second-order valence-corrected chi connectivity index (χ2v) is 6.51. The summed E-state index contributed by atoms with van der Waals surface area (Å²) in [4.78, 5) is 0. The molecule has 0 spiro atoms. The van der Waals surface area contributed by atoms with E-state index in [0.717, 1.165) is 48.1 Å². The summed E-state index contributed by atoms with van der Waals surface area (Å²) in [5.41, 5.74) is 0.932. The van der Waals surface area contributed by atoms with Crippen LogP contribution in [0, 0.1) is 0 Å². The van der Waals surface area contributed by atoms with E-state index in [9.17, 15) is 0 Å². The fourth-order valence-electron chi connectivity index (χ4n) is 2.39. The molecule has 0 radical (unpaired) electrons. The highest BCUT2D eigenvalue weighted by Crippen LogP contribution is 2.40. The SMILES string of the molecule is COc1c(Br)cc(Cl)cc1C(Cl)CCC1CCCO1. The number of hydrogen-bond acceptors (Lipinski definition) is 2. The Bertz CT molecular complexity index is 434. The number of benzene rings is 1. The molecule has 0 N–H and O–H groups in total. The molecule has 0 saturated carbocycles. The maximum absolute atomic E-state index is 6.50. The van der Waals surface area contributed by atoms with Crippen molar-refractivity contribution in [3.05, 3.63) is 27.2 Å². The minimum atomic E-state index is -0.117. The van der Waals surface area contributed by atoms with Crippen molar-refractivity contribution in [3.8, 4) is 5.75 Å². The first-order valence-electron chi connectivity index (χ1n) is 6.40. The number of ether oxygens (including phenoxy) is 2. The zero-order valence-electron chi connectivity index (χ0n) is 10.8. The molecule has 2 atom stereocenters. The van der Waals surface area contributed by atoms with Crippen molar-refractivity contribution >= 4 is 39.1 Å². The van der Waals surface area contributed by atoms with Crippen LogP contribution in [0.25, 0.3) is 0 Å². The van der Waals surface area contributed by atoms with E-state index < -0.39 is 0 Å². The van der Waals surface area contributed by atoms with Gasteiger partial charge in [0.05, 0.1) is 23.1 Å². The van der Waals surface area contributed by atoms with Crippen LogP contribution in [0.2, 0.25) is 5.02 Å². The quantitative estimate of drug-likeness (QED) is 0.653. The third kappa shape index (κ3) is 4.01. The van der Waals surface area contributed by atoms with E-state index in [1.165, 1.54) is 0 Å². The fourth-order valence-corrected chi connectivity index (χ4v) is 3.67. The molecule has 2 rings (SSSR count). The van der Waals surface area contributed by atoms with Crippen LogP contribution >= 0.6 is 39.1 Å². The first kappa shape index (κ1) is 15.4. The minimum absolute atomic E-state index is 0.117. The van der Waals surface area contributed by atoms with Crippen molar-refractivity contribution in [2.45, 2.75) is 37.2 Å². The Balaban J connectivity index is 2.06. The summed E-state index contributed by atoms with van der Waals surface area (Å²) in [5, 5.41) is 0.541. The zero-order valence-corrected chi connectivity index (χ0v) is 13.9. The average molecular weight is 368 g/mol. The van der Waals surface area contributed by atoms with Gasteiger partial charge in [-0.05, 0) is 53.7 Å². The van der Waals surface area contributed by atoms with Gasteiger partial charge in [0.25, 0.3) is 0 Å². The van der Waals surface area contributed by atoms with Gasteiger partial charge in [-0.15, -0.1) is 11.6 Å². The molecule has 1 aliphatic heterocycles. The van der Waals surface area contributed by atoms with E-state index in [2.05, 4.69) is 15.9 Å². The van der Waals surface area contributed by atoms with Crippen LogP contribution in [0.15, 0.2) is 16.6 Å². The first-order valence-corrected chi connectivity index (χ1v) is 8.01. The standard InChI is InChI=1S/C14H17BrCl2O2/c1-18-14-11(7-9(16)8-12(14)15)13(17)5-4-10-3-2-6-19-10/h7-8,10,13H,2-6H2,1H3. The smallest absolute Gasteiger partial charge is 0.137 e. The van der Waals surface area contributed by atoms with Gasteiger partial charge in [0, 0.05) is 17.2 Å². The van der Waals surface area contributed by atoms with Crippen molar-refractivity contribution in [2.75, 3.05) is 13.7 Å². The monoisotopic (exact) mass is 366 g/mol. The van der Waals surface area contributed by atoms with Crippen molar-refractivity contribution in [2.24, 2.45) is 0 Å². The van der Waals surface area contributed by atoms with Gasteiger partial charge in [-0.25, -0.2) is 0 Å². The normalized spacial score (nSPS) is 20.5. The zero-order chi connectivity index (χ0) is 13.8. The summed E-state index contributed by atoms with van der Waals surface area (Å²) in [6.45, 7) is 0.879. The van der Waals surface area contributed by atoms with Crippen molar-refractivity contribution in [1.82, 2.24) is 0 Å². The molecule has 0 bridgehead atoms. The highest BCUT2D eigenvalue weighted by molar-refractivity contribution is 9.10. The molecule has 1 heterocycles. The number of halogens is 3. The van der Waals surface area contributed by atoms with E-state index in [0.29, 0.717) is 11.1 Å². The molecular formula is C14H17BrCl2O2. The van der Waals surface area contributed by atoms with Crippen LogP contribution in [0.3, 0.4) is 0 Å². The number of methoxy groups -OCH3 is 1. The first-order chi connectivity index (χ1) is 9.11. The molecule has 19 heavy (non-hydrogen) atoms. The topological polar surface area (TPSA) is 18.5 Å². The third-order valence-corrected chi connectivity index (χ3v) is 4.61. The minimum Gasteiger partial charge on any atom is -0.495 e. The lowest BCUT2D eigenvalue weighted by Crippen LogP contribution is -2.06. The summed E-state index contributed by atoms with van der Waals surface area (Å²) < 4.78 is 11.9. The molecule has 0 aliphatic carbocycles. The highest BCUT2D eigenvalue weighted by Gasteiger charge is 2.21. The fraction of sp³-hybridized carbons (Fsp3) is 0.571. The number of rotatable bonds is 5. The molecule has 1 aliphatic rings. The molecule has 1 aromatic carbocycles. The Morgan fingerprint density at radius 1 is 1.53 bits per heavy atom. The second kappa shape index (κ2) is 7.16. The molecule has 0 aromatic heterocycles. The van der Waals surface area contributed by atoms with Crippen LogP contribution in [-0.4, -0.2) is 19.8 Å². The van der Waals surface area contributed by atoms with E-state index >= 15 is 0 Å². The summed E-state index contributed by atoms with van der Waals surface area (Å²) >= 11 is 16.0. The predicted molar refractivity (Wildman–Crippen MR) is 82.5 cm³/mol. The molecular weight excluding hydrogens is 351 g/mol. The molecule has 2 unspecified atom stereocenters. The largest absolute Gasteiger partial charge is 0.495 e. The van der Waals surface area contributed by atoms with Gasteiger partial charge < -0.3 is 9.47 Å². The Hall–Kier alpha value is 0.0400. The van der Waals surface area contributed by atoms with E-state index in [1.54, 1.807) is 7.11 Å². The summed E-state index contributed by atoms with van der Waals surface area (Å²) in [7, 11) is 1.64. The summed E-state index contributed by atoms with van der Waals surface area (Å²) in [5.74, 6) is 0.761. The number of hydrogen-bond donors (Lipinski definition) is 0. The van der Waals surface area contributed by atoms with Crippen LogP contribution in [0.1, 0.15) is 36.6 Å². The van der Waals surface area contributed by atoms with Gasteiger partial charge in [-0.2, -0.15) is 0 Å². The number of alkyl halides is 1. The Kier molecular flexibility index (Phi) is 5.82. The van der Waals surface area contributed by atoms with Gasteiger partial charge in [-0.3, -0.25) is 0 Å². The molecule has 5 heteroatoms. The molecule has 1 fully saturated rings. The summed E-state index contributed by atoms with van der Waals surface area (Å²) in [6.07, 6.45) is 4.48. The van der Waals surface area contributed by atoms with Crippen molar-refractivity contribution < 1.29 is 9.47 Å². The van der Waals surface area contributed by atoms with Crippen molar-refractivity contribution in [1.29, 1.82) is 0 Å². The van der Waals surface area contributed by atoms with Gasteiger partial charge in [0.15, 0.2) is 0 Å². The molecule has 1 saturated heterocycles.